The van der Waals surface area contributed by atoms with Crippen LogP contribution >= 0.6 is 0 Å². The average Bonchev–Trinajstić information content (AvgIpc) is 2.07. The Morgan fingerprint density at radius 3 is 2.85 bits per heavy atom. The van der Waals surface area contributed by atoms with Gasteiger partial charge < -0.3 is 10.4 Å². The van der Waals surface area contributed by atoms with Crippen LogP contribution in [0.1, 0.15) is 5.56 Å². The summed E-state index contributed by atoms with van der Waals surface area (Å²) < 4.78 is 0. The quantitative estimate of drug-likeness (QED) is 0.626. The van der Waals surface area contributed by atoms with Crippen LogP contribution < -0.4 is 10.8 Å². The minimum atomic E-state index is -0.849. The fraction of sp³-hybridized carbons (Fsp3) is 0.222. The summed E-state index contributed by atoms with van der Waals surface area (Å²) >= 11 is 0. The highest BCUT2D eigenvalue weighted by molar-refractivity contribution is 6.33. The molecule has 0 aliphatic heterocycles. The summed E-state index contributed by atoms with van der Waals surface area (Å²) in [7, 11) is 2.02. The van der Waals surface area contributed by atoms with Gasteiger partial charge in [-0.1, -0.05) is 17.1 Å². The second-order valence-corrected chi connectivity index (χ2v) is 3.05. The molecule has 1 aromatic carbocycles. The number of carboxylic acid groups (broad SMARTS) is 1. The van der Waals surface area contributed by atoms with Crippen LogP contribution in [0.25, 0.3) is 0 Å². The first-order valence-corrected chi connectivity index (χ1v) is 4.12. The Morgan fingerprint density at radius 1 is 1.62 bits per heavy atom. The smallest absolute Gasteiger partial charge is 0.322 e. The van der Waals surface area contributed by atoms with Crippen LogP contribution in [0.2, 0.25) is 0 Å². The zero-order valence-corrected chi connectivity index (χ0v) is 7.79. The third-order valence-corrected chi connectivity index (χ3v) is 1.95. The number of hydrogen-bond donors (Lipinski definition) is 2. The summed E-state index contributed by atoms with van der Waals surface area (Å²) in [5.74, 6) is -0.849. The molecule has 0 fully saturated rings. The minimum Gasteiger partial charge on any atom is -0.480 e. The predicted octanol–water partition coefficient (Wildman–Crippen LogP) is -0.250. The molecule has 0 bridgehead atoms. The van der Waals surface area contributed by atoms with Crippen LogP contribution in [-0.4, -0.2) is 25.5 Å². The molecule has 0 aromatic heterocycles. The van der Waals surface area contributed by atoms with Crippen molar-refractivity contribution in [3.05, 3.63) is 23.8 Å². The van der Waals surface area contributed by atoms with E-state index >= 15 is 0 Å². The zero-order valence-electron chi connectivity index (χ0n) is 7.79. The number of anilines is 1. The molecule has 4 heteroatoms. The molecule has 2 N–H and O–H groups in total. The molecule has 0 saturated heterocycles. The Morgan fingerprint density at radius 2 is 2.31 bits per heavy atom. The first-order chi connectivity index (χ1) is 6.09. The SMILES string of the molecule is Bc1ccc(NCC(=O)O)cc1C. The first-order valence-electron chi connectivity index (χ1n) is 4.12. The van der Waals surface area contributed by atoms with Gasteiger partial charge in [0, 0.05) is 5.69 Å². The molecule has 3 nitrogen and oxygen atoms in total. The molecule has 0 heterocycles. The van der Waals surface area contributed by atoms with Crippen molar-refractivity contribution in [1.29, 1.82) is 0 Å². The summed E-state index contributed by atoms with van der Waals surface area (Å²) in [6.45, 7) is 1.96. The summed E-state index contributed by atoms with van der Waals surface area (Å²) in [6.07, 6.45) is 0. The Bertz CT molecular complexity index is 325. The van der Waals surface area contributed by atoms with Gasteiger partial charge in [-0.3, -0.25) is 4.79 Å². The van der Waals surface area contributed by atoms with E-state index in [0.717, 1.165) is 11.3 Å². The van der Waals surface area contributed by atoms with E-state index in [0.29, 0.717) is 0 Å². The molecule has 0 aliphatic carbocycles. The normalized spacial score (nSPS) is 9.62. The predicted molar refractivity (Wildman–Crippen MR) is 55.5 cm³/mol. The largest absolute Gasteiger partial charge is 0.480 e. The molecule has 1 rings (SSSR count). The minimum absolute atomic E-state index is 0.0392. The molecule has 0 spiro atoms. The van der Waals surface area contributed by atoms with Crippen molar-refractivity contribution in [2.75, 3.05) is 11.9 Å². The highest BCUT2D eigenvalue weighted by Crippen LogP contribution is 2.06. The molecule has 0 saturated carbocycles. The summed E-state index contributed by atoms with van der Waals surface area (Å²) in [4.78, 5) is 10.3. The van der Waals surface area contributed by atoms with Crippen molar-refractivity contribution in [3.63, 3.8) is 0 Å². The molecular formula is C9H12BNO2. The number of aliphatic carboxylic acids is 1. The Labute approximate surface area is 78.2 Å². The topological polar surface area (TPSA) is 49.3 Å². The van der Waals surface area contributed by atoms with E-state index < -0.39 is 5.97 Å². The Balaban J connectivity index is 2.68. The number of benzene rings is 1. The van der Waals surface area contributed by atoms with Gasteiger partial charge in [-0.2, -0.15) is 0 Å². The molecular weight excluding hydrogens is 165 g/mol. The van der Waals surface area contributed by atoms with Gasteiger partial charge in [-0.25, -0.2) is 0 Å². The van der Waals surface area contributed by atoms with E-state index in [4.69, 9.17) is 5.11 Å². The lowest BCUT2D eigenvalue weighted by atomic mass is 9.91. The van der Waals surface area contributed by atoms with Gasteiger partial charge >= 0.3 is 5.97 Å². The zero-order chi connectivity index (χ0) is 9.84. The monoisotopic (exact) mass is 177 g/mol. The summed E-state index contributed by atoms with van der Waals surface area (Å²) in [5.41, 5.74) is 3.22. The number of hydrogen-bond acceptors (Lipinski definition) is 2. The van der Waals surface area contributed by atoms with Crippen molar-refractivity contribution >= 4 is 25.0 Å². The maximum absolute atomic E-state index is 10.3. The standard InChI is InChI=1S/C9H12BNO2/c1-6-4-7(2-3-8(6)10)11-5-9(12)13/h2-4,11H,5,10H2,1H3,(H,12,13). The second kappa shape index (κ2) is 3.98. The van der Waals surface area contributed by atoms with Crippen molar-refractivity contribution in [2.24, 2.45) is 0 Å². The first kappa shape index (κ1) is 9.64. The number of nitrogens with one attached hydrogen (secondary N) is 1. The van der Waals surface area contributed by atoms with Crippen molar-refractivity contribution < 1.29 is 9.90 Å². The highest BCUT2D eigenvalue weighted by atomic mass is 16.4. The lowest BCUT2D eigenvalue weighted by molar-refractivity contribution is -0.134. The van der Waals surface area contributed by atoms with E-state index in [1.165, 1.54) is 5.46 Å². The molecule has 0 amide bonds. The van der Waals surface area contributed by atoms with Crippen LogP contribution in [0.5, 0.6) is 0 Å². The van der Waals surface area contributed by atoms with Gasteiger partial charge in [0.1, 0.15) is 14.4 Å². The number of carboxylic acids is 1. The van der Waals surface area contributed by atoms with E-state index in [9.17, 15) is 4.79 Å². The van der Waals surface area contributed by atoms with E-state index in [2.05, 4.69) is 5.32 Å². The van der Waals surface area contributed by atoms with Crippen molar-refractivity contribution in [1.82, 2.24) is 0 Å². The average molecular weight is 177 g/mol. The van der Waals surface area contributed by atoms with E-state index in [1.54, 1.807) is 0 Å². The van der Waals surface area contributed by atoms with Gasteiger partial charge in [0.2, 0.25) is 0 Å². The second-order valence-electron chi connectivity index (χ2n) is 3.05. The number of rotatable bonds is 3. The third kappa shape index (κ3) is 2.82. The molecule has 1 aromatic rings. The van der Waals surface area contributed by atoms with E-state index in [-0.39, 0.29) is 6.54 Å². The molecule has 0 atom stereocenters. The Kier molecular flexibility index (Phi) is 2.95. The van der Waals surface area contributed by atoms with Gasteiger partial charge in [0.05, 0.1) is 0 Å². The van der Waals surface area contributed by atoms with Crippen LogP contribution in [0.3, 0.4) is 0 Å². The molecule has 0 aliphatic rings. The van der Waals surface area contributed by atoms with Gasteiger partial charge in [-0.15, -0.1) is 0 Å². The maximum atomic E-state index is 10.3. The molecule has 0 unspecified atom stereocenters. The summed E-state index contributed by atoms with van der Waals surface area (Å²) in [5, 5.41) is 11.2. The fourth-order valence-corrected chi connectivity index (χ4v) is 1.03. The fourth-order valence-electron chi connectivity index (χ4n) is 1.03. The highest BCUT2D eigenvalue weighted by Gasteiger charge is 1.98. The van der Waals surface area contributed by atoms with Gasteiger partial charge in [-0.05, 0) is 19.1 Å². The van der Waals surface area contributed by atoms with Crippen LogP contribution in [0.4, 0.5) is 5.69 Å². The maximum Gasteiger partial charge on any atom is 0.322 e. The van der Waals surface area contributed by atoms with E-state index in [1.807, 2.05) is 33.0 Å². The lowest BCUT2D eigenvalue weighted by Crippen LogP contribution is -2.14. The molecule has 13 heavy (non-hydrogen) atoms. The Hall–Kier alpha value is -1.45. The molecule has 68 valence electrons. The summed E-state index contributed by atoms with van der Waals surface area (Å²) in [6, 6.07) is 5.79. The van der Waals surface area contributed by atoms with Crippen molar-refractivity contribution in [3.8, 4) is 0 Å². The third-order valence-electron chi connectivity index (χ3n) is 1.95. The number of aryl methyl sites for hydroxylation is 1. The molecule has 0 radical (unpaired) electrons. The van der Waals surface area contributed by atoms with Crippen LogP contribution in [0, 0.1) is 6.92 Å². The van der Waals surface area contributed by atoms with Gasteiger partial charge in [0.15, 0.2) is 0 Å². The van der Waals surface area contributed by atoms with Crippen molar-refractivity contribution in [2.45, 2.75) is 6.92 Å². The van der Waals surface area contributed by atoms with Gasteiger partial charge in [0.25, 0.3) is 0 Å². The van der Waals surface area contributed by atoms with Crippen LogP contribution in [0.15, 0.2) is 18.2 Å². The number of carbonyl (C=O) groups is 1. The van der Waals surface area contributed by atoms with Crippen LogP contribution in [-0.2, 0) is 4.79 Å². The lowest BCUT2D eigenvalue weighted by Gasteiger charge is -2.06.